The van der Waals surface area contributed by atoms with Gasteiger partial charge in [-0.1, -0.05) is 12.1 Å². The molecule has 4 rings (SSSR count). The summed E-state index contributed by atoms with van der Waals surface area (Å²) in [7, 11) is 0. The molecule has 1 aliphatic rings. The Morgan fingerprint density at radius 1 is 1.19 bits per heavy atom. The van der Waals surface area contributed by atoms with E-state index in [-0.39, 0.29) is 28.8 Å². The fourth-order valence-electron chi connectivity index (χ4n) is 2.84. The van der Waals surface area contributed by atoms with E-state index in [1.807, 2.05) is 19.1 Å². The van der Waals surface area contributed by atoms with Gasteiger partial charge in [-0.25, -0.2) is 4.79 Å². The van der Waals surface area contributed by atoms with Crippen molar-refractivity contribution in [2.45, 2.75) is 13.1 Å². The van der Waals surface area contributed by atoms with Gasteiger partial charge < -0.3 is 16.0 Å². The second kappa shape index (κ2) is 7.59. The Balaban J connectivity index is 1.77. The molecule has 13 heteroatoms. The van der Waals surface area contributed by atoms with E-state index in [1.54, 1.807) is 12.1 Å². The molecule has 1 aliphatic heterocycles. The highest BCUT2D eigenvalue weighted by atomic mass is 19.4. The lowest BCUT2D eigenvalue weighted by molar-refractivity contribution is -0.116. The van der Waals surface area contributed by atoms with Gasteiger partial charge in [0.1, 0.15) is 12.2 Å². The first-order valence-electron chi connectivity index (χ1n) is 8.92. The molecule has 0 saturated carbocycles. The van der Waals surface area contributed by atoms with Gasteiger partial charge in [0.05, 0.1) is 6.20 Å². The molecule has 31 heavy (non-hydrogen) atoms. The summed E-state index contributed by atoms with van der Waals surface area (Å²) in [5.41, 5.74) is 1.96. The fourth-order valence-corrected chi connectivity index (χ4v) is 2.84. The summed E-state index contributed by atoms with van der Waals surface area (Å²) in [6.45, 7) is 0.547. The molecular weight excluding hydrogens is 417 g/mol. The molecule has 10 nitrogen and oxygen atoms in total. The van der Waals surface area contributed by atoms with Crippen LogP contribution in [0, 0.1) is 6.92 Å². The number of anilines is 3. The molecule has 1 fully saturated rings. The van der Waals surface area contributed by atoms with E-state index in [4.69, 9.17) is 0 Å². The maximum atomic E-state index is 12.7. The van der Waals surface area contributed by atoms with E-state index >= 15 is 0 Å². The number of alkyl halides is 3. The molecule has 0 spiro atoms. The summed E-state index contributed by atoms with van der Waals surface area (Å²) in [6.07, 6.45) is -1.87. The summed E-state index contributed by atoms with van der Waals surface area (Å²) < 4.78 is 39.3. The SMILES string of the molecule is Cc1cccc(Nc2nc(NCC(F)(F)F)n3ncc(/C=C4\NC(=O)NC4=O)c3n2)c1. The lowest BCUT2D eigenvalue weighted by atomic mass is 10.2. The minimum absolute atomic E-state index is 0.0165. The Morgan fingerprint density at radius 2 is 2.00 bits per heavy atom. The van der Waals surface area contributed by atoms with Crippen molar-refractivity contribution in [3.63, 3.8) is 0 Å². The molecule has 0 aliphatic carbocycles. The summed E-state index contributed by atoms with van der Waals surface area (Å²) in [4.78, 5) is 31.5. The van der Waals surface area contributed by atoms with Crippen LogP contribution in [0.2, 0.25) is 0 Å². The van der Waals surface area contributed by atoms with Crippen molar-refractivity contribution in [2.75, 3.05) is 17.2 Å². The maximum Gasteiger partial charge on any atom is 0.405 e. The molecule has 0 atom stereocenters. The van der Waals surface area contributed by atoms with Gasteiger partial charge >= 0.3 is 12.2 Å². The van der Waals surface area contributed by atoms with Crippen LogP contribution in [0.4, 0.5) is 35.5 Å². The fraction of sp³-hybridized carbons (Fsp3) is 0.167. The third-order valence-corrected chi connectivity index (χ3v) is 4.14. The molecule has 0 bridgehead atoms. The molecule has 1 saturated heterocycles. The number of carbonyl (C=O) groups excluding carboxylic acids is 2. The summed E-state index contributed by atoms with van der Waals surface area (Å²) >= 11 is 0. The predicted molar refractivity (Wildman–Crippen MR) is 104 cm³/mol. The van der Waals surface area contributed by atoms with Gasteiger partial charge in [0.15, 0.2) is 5.65 Å². The van der Waals surface area contributed by atoms with Crippen LogP contribution >= 0.6 is 0 Å². The zero-order valence-corrected chi connectivity index (χ0v) is 15.9. The van der Waals surface area contributed by atoms with E-state index in [1.165, 1.54) is 12.3 Å². The normalized spacial score (nSPS) is 15.3. The molecule has 0 unspecified atom stereocenters. The van der Waals surface area contributed by atoms with E-state index < -0.39 is 24.7 Å². The highest BCUT2D eigenvalue weighted by Crippen LogP contribution is 2.22. The van der Waals surface area contributed by atoms with Crippen molar-refractivity contribution < 1.29 is 22.8 Å². The van der Waals surface area contributed by atoms with Crippen LogP contribution < -0.4 is 21.3 Å². The lowest BCUT2D eigenvalue weighted by Crippen LogP contribution is -2.23. The van der Waals surface area contributed by atoms with Gasteiger partial charge in [0.2, 0.25) is 11.9 Å². The van der Waals surface area contributed by atoms with Crippen LogP contribution in [0.15, 0.2) is 36.2 Å². The quantitative estimate of drug-likeness (QED) is 0.360. The van der Waals surface area contributed by atoms with E-state index in [9.17, 15) is 22.8 Å². The van der Waals surface area contributed by atoms with Crippen LogP contribution in [-0.4, -0.2) is 44.2 Å². The smallest absolute Gasteiger partial charge is 0.345 e. The molecule has 3 amide bonds. The number of carbonyl (C=O) groups is 2. The third kappa shape index (κ3) is 4.55. The molecule has 0 radical (unpaired) electrons. The largest absolute Gasteiger partial charge is 0.405 e. The number of aryl methyl sites for hydroxylation is 1. The van der Waals surface area contributed by atoms with Crippen molar-refractivity contribution in [1.29, 1.82) is 0 Å². The number of benzene rings is 1. The third-order valence-electron chi connectivity index (χ3n) is 4.14. The molecule has 2 aromatic heterocycles. The number of nitrogens with one attached hydrogen (secondary N) is 4. The number of aromatic nitrogens is 4. The van der Waals surface area contributed by atoms with Gasteiger partial charge in [-0.2, -0.15) is 32.8 Å². The van der Waals surface area contributed by atoms with E-state index in [0.29, 0.717) is 5.69 Å². The molecule has 3 aromatic rings. The topological polar surface area (TPSA) is 125 Å². The average molecular weight is 432 g/mol. The number of rotatable bonds is 5. The van der Waals surface area contributed by atoms with Crippen LogP contribution in [-0.2, 0) is 4.79 Å². The zero-order chi connectivity index (χ0) is 22.2. The number of hydrogen-bond acceptors (Lipinski definition) is 7. The number of urea groups is 1. The predicted octanol–water partition coefficient (Wildman–Crippen LogP) is 2.33. The van der Waals surface area contributed by atoms with Crippen molar-refractivity contribution in [3.8, 4) is 0 Å². The molecule has 3 heterocycles. The second-order valence-corrected chi connectivity index (χ2v) is 6.64. The minimum atomic E-state index is -4.48. The summed E-state index contributed by atoms with van der Waals surface area (Å²) in [6, 6.07) is 6.56. The average Bonchev–Trinajstić information content (AvgIpc) is 3.22. The maximum absolute atomic E-state index is 12.7. The first-order valence-corrected chi connectivity index (χ1v) is 8.92. The van der Waals surface area contributed by atoms with Gasteiger partial charge in [0, 0.05) is 11.3 Å². The van der Waals surface area contributed by atoms with Crippen LogP contribution in [0.3, 0.4) is 0 Å². The Morgan fingerprint density at radius 3 is 2.68 bits per heavy atom. The first kappa shape index (κ1) is 20.1. The van der Waals surface area contributed by atoms with Crippen LogP contribution in [0.5, 0.6) is 0 Å². The summed E-state index contributed by atoms with van der Waals surface area (Å²) in [5.74, 6) is -0.836. The minimum Gasteiger partial charge on any atom is -0.345 e. The number of imide groups is 1. The van der Waals surface area contributed by atoms with E-state index in [2.05, 4.69) is 36.3 Å². The van der Waals surface area contributed by atoms with Gasteiger partial charge in [0.25, 0.3) is 5.91 Å². The first-order chi connectivity index (χ1) is 14.7. The summed E-state index contributed by atoms with van der Waals surface area (Å²) in [5, 5.41) is 13.5. The van der Waals surface area contributed by atoms with Crippen LogP contribution in [0.25, 0.3) is 11.7 Å². The highest BCUT2D eigenvalue weighted by molar-refractivity contribution is 6.14. The molecule has 160 valence electrons. The van der Waals surface area contributed by atoms with Crippen LogP contribution in [0.1, 0.15) is 11.1 Å². The van der Waals surface area contributed by atoms with Crippen molar-refractivity contribution in [1.82, 2.24) is 30.2 Å². The Labute approximate surface area is 172 Å². The standard InChI is InChI=1S/C18H15F3N8O2/c1-9-3-2-4-11(5-9)24-15-26-13-10(6-12-14(30)27-17(31)25-12)7-23-29(13)16(28-15)22-8-18(19,20)21/h2-7H,8H2,1H3,(H2,22,24,26,28)(H2,25,27,30,31)/b12-6-. The van der Waals surface area contributed by atoms with E-state index in [0.717, 1.165) is 10.1 Å². The monoisotopic (exact) mass is 432 g/mol. The number of nitrogens with zero attached hydrogens (tertiary/aromatic N) is 4. The molecule has 1 aromatic carbocycles. The number of halogens is 3. The van der Waals surface area contributed by atoms with Crippen molar-refractivity contribution in [3.05, 3.63) is 47.3 Å². The molecule has 4 N–H and O–H groups in total. The lowest BCUT2D eigenvalue weighted by Gasteiger charge is -2.12. The van der Waals surface area contributed by atoms with Gasteiger partial charge in [-0.05, 0) is 30.7 Å². The Hall–Kier alpha value is -4.16. The number of amides is 3. The van der Waals surface area contributed by atoms with Crippen molar-refractivity contribution in [2.24, 2.45) is 0 Å². The molecular formula is C18H15F3N8O2. The highest BCUT2D eigenvalue weighted by Gasteiger charge is 2.28. The number of fused-ring (bicyclic) bond motifs is 1. The number of hydrogen-bond donors (Lipinski definition) is 4. The zero-order valence-electron chi connectivity index (χ0n) is 15.9. The van der Waals surface area contributed by atoms with Gasteiger partial charge in [-0.3, -0.25) is 10.1 Å². The second-order valence-electron chi connectivity index (χ2n) is 6.64. The Bertz CT molecular complexity index is 1220. The Kier molecular flexibility index (Phi) is 4.93. The van der Waals surface area contributed by atoms with Gasteiger partial charge in [-0.15, -0.1) is 0 Å². The van der Waals surface area contributed by atoms with Crippen molar-refractivity contribution >= 4 is 41.2 Å².